The summed E-state index contributed by atoms with van der Waals surface area (Å²) >= 11 is 0. The minimum absolute atomic E-state index is 0.136. The molecule has 0 aliphatic carbocycles. The van der Waals surface area contributed by atoms with Crippen LogP contribution in [0.1, 0.15) is 26.5 Å². The van der Waals surface area contributed by atoms with Crippen LogP contribution in [0.5, 0.6) is 5.75 Å². The lowest BCUT2D eigenvalue weighted by Crippen LogP contribution is -2.19. The molecule has 0 saturated heterocycles. The van der Waals surface area contributed by atoms with Crippen LogP contribution in [0.25, 0.3) is 22.2 Å². The maximum Gasteiger partial charge on any atom is 0.323 e. The SMILES string of the molecule is COc1cccc(NC(=O)Nc2ccc(-c3cc(C(C)(C)C)nc4[nH]nc(N)c34)cc2)c1. The second kappa shape index (κ2) is 8.22. The van der Waals surface area contributed by atoms with Crippen molar-refractivity contribution in [2.45, 2.75) is 26.2 Å². The standard InChI is InChI=1S/C24H26N6O2/c1-24(2,3)19-13-18(20-21(25)29-30-22(20)28-19)14-8-10-15(11-9-14)26-23(31)27-16-6-5-7-17(12-16)32-4/h5-13H,1-4H3,(H2,26,27,31)(H3,25,28,29,30). The molecule has 5 N–H and O–H groups in total. The lowest BCUT2D eigenvalue weighted by molar-refractivity contribution is 0.262. The van der Waals surface area contributed by atoms with Crippen LogP contribution in [0.3, 0.4) is 0 Å². The van der Waals surface area contributed by atoms with Gasteiger partial charge in [-0.2, -0.15) is 5.10 Å². The van der Waals surface area contributed by atoms with Gasteiger partial charge in [-0.1, -0.05) is 39.0 Å². The number of carbonyl (C=O) groups excluding carboxylic acids is 1. The van der Waals surface area contributed by atoms with Gasteiger partial charge < -0.3 is 21.1 Å². The first kappa shape index (κ1) is 21.2. The lowest BCUT2D eigenvalue weighted by Gasteiger charge is -2.19. The van der Waals surface area contributed by atoms with Crippen molar-refractivity contribution < 1.29 is 9.53 Å². The Kier molecular flexibility index (Phi) is 5.44. The van der Waals surface area contributed by atoms with Crippen molar-refractivity contribution in [1.29, 1.82) is 0 Å². The van der Waals surface area contributed by atoms with E-state index in [9.17, 15) is 4.79 Å². The van der Waals surface area contributed by atoms with Crippen LogP contribution in [0.2, 0.25) is 0 Å². The maximum absolute atomic E-state index is 12.4. The number of anilines is 3. The molecule has 2 heterocycles. The second-order valence-corrected chi connectivity index (χ2v) is 8.53. The average Bonchev–Trinajstić information content (AvgIpc) is 3.14. The zero-order valence-corrected chi connectivity index (χ0v) is 18.5. The summed E-state index contributed by atoms with van der Waals surface area (Å²) in [6, 6.07) is 16.4. The number of carbonyl (C=O) groups is 1. The van der Waals surface area contributed by atoms with E-state index in [0.29, 0.717) is 28.6 Å². The Bertz CT molecular complexity index is 1270. The molecule has 8 heteroatoms. The fourth-order valence-electron chi connectivity index (χ4n) is 3.39. The number of nitrogens with two attached hydrogens (primary N) is 1. The number of nitrogen functional groups attached to an aromatic ring is 1. The van der Waals surface area contributed by atoms with Crippen molar-refractivity contribution in [2.75, 3.05) is 23.5 Å². The molecule has 0 saturated carbocycles. The van der Waals surface area contributed by atoms with Gasteiger partial charge >= 0.3 is 6.03 Å². The Morgan fingerprint density at radius 2 is 1.75 bits per heavy atom. The van der Waals surface area contributed by atoms with E-state index in [2.05, 4.69) is 41.6 Å². The first-order valence-corrected chi connectivity index (χ1v) is 10.2. The molecule has 2 amide bonds. The summed E-state index contributed by atoms with van der Waals surface area (Å²) in [4.78, 5) is 17.1. The summed E-state index contributed by atoms with van der Waals surface area (Å²) in [6.45, 7) is 6.33. The number of aromatic nitrogens is 3. The molecule has 164 valence electrons. The number of benzene rings is 2. The third kappa shape index (κ3) is 4.34. The quantitative estimate of drug-likeness (QED) is 0.357. The number of nitrogens with one attached hydrogen (secondary N) is 3. The number of hydrogen-bond donors (Lipinski definition) is 4. The number of pyridine rings is 1. The highest BCUT2D eigenvalue weighted by Crippen LogP contribution is 2.34. The summed E-state index contributed by atoms with van der Waals surface area (Å²) in [7, 11) is 1.58. The highest BCUT2D eigenvalue weighted by Gasteiger charge is 2.20. The number of nitrogens with zero attached hydrogens (tertiary/aromatic N) is 2. The molecular formula is C24H26N6O2. The third-order valence-corrected chi connectivity index (χ3v) is 5.11. The van der Waals surface area contributed by atoms with Crippen LogP contribution in [-0.4, -0.2) is 28.3 Å². The van der Waals surface area contributed by atoms with Crippen molar-refractivity contribution in [3.05, 3.63) is 60.3 Å². The number of amides is 2. The Morgan fingerprint density at radius 1 is 1.03 bits per heavy atom. The lowest BCUT2D eigenvalue weighted by atomic mass is 9.89. The van der Waals surface area contributed by atoms with Gasteiger partial charge in [0.25, 0.3) is 0 Å². The first-order chi connectivity index (χ1) is 15.2. The minimum Gasteiger partial charge on any atom is -0.497 e. The van der Waals surface area contributed by atoms with Crippen molar-refractivity contribution in [3.8, 4) is 16.9 Å². The van der Waals surface area contributed by atoms with E-state index in [1.54, 1.807) is 19.2 Å². The Labute approximate surface area is 186 Å². The number of fused-ring (bicyclic) bond motifs is 1. The van der Waals surface area contributed by atoms with Crippen LogP contribution in [0.4, 0.5) is 22.0 Å². The van der Waals surface area contributed by atoms with Crippen molar-refractivity contribution >= 4 is 34.3 Å². The van der Waals surface area contributed by atoms with E-state index < -0.39 is 0 Å². The van der Waals surface area contributed by atoms with Gasteiger partial charge in [-0.25, -0.2) is 9.78 Å². The largest absolute Gasteiger partial charge is 0.497 e. The number of hydrogen-bond acceptors (Lipinski definition) is 5. The molecule has 0 radical (unpaired) electrons. The van der Waals surface area contributed by atoms with Gasteiger partial charge in [-0.3, -0.25) is 5.10 Å². The molecule has 0 unspecified atom stereocenters. The number of aromatic amines is 1. The Hall–Kier alpha value is -4.07. The summed E-state index contributed by atoms with van der Waals surface area (Å²) in [5, 5.41) is 13.5. The highest BCUT2D eigenvalue weighted by molar-refractivity contribution is 6.01. The van der Waals surface area contributed by atoms with Crippen LogP contribution in [-0.2, 0) is 5.41 Å². The fourth-order valence-corrected chi connectivity index (χ4v) is 3.39. The molecule has 2 aromatic heterocycles. The van der Waals surface area contributed by atoms with Crippen molar-refractivity contribution in [1.82, 2.24) is 15.2 Å². The van der Waals surface area contributed by atoms with Crippen LogP contribution in [0, 0.1) is 0 Å². The third-order valence-electron chi connectivity index (χ3n) is 5.11. The molecule has 0 fully saturated rings. The monoisotopic (exact) mass is 430 g/mol. The minimum atomic E-state index is -0.341. The predicted octanol–water partition coefficient (Wildman–Crippen LogP) is 5.16. The Balaban J connectivity index is 1.58. The molecule has 0 aliphatic rings. The molecule has 0 atom stereocenters. The van der Waals surface area contributed by atoms with Gasteiger partial charge in [-0.15, -0.1) is 0 Å². The average molecular weight is 431 g/mol. The maximum atomic E-state index is 12.4. The van der Waals surface area contributed by atoms with Crippen LogP contribution in [0.15, 0.2) is 54.6 Å². The summed E-state index contributed by atoms with van der Waals surface area (Å²) in [6.07, 6.45) is 0. The van der Waals surface area contributed by atoms with E-state index >= 15 is 0 Å². The smallest absolute Gasteiger partial charge is 0.323 e. The van der Waals surface area contributed by atoms with E-state index in [1.807, 2.05) is 42.5 Å². The molecule has 4 aromatic rings. The van der Waals surface area contributed by atoms with Gasteiger partial charge in [0.1, 0.15) is 5.75 Å². The van der Waals surface area contributed by atoms with Crippen molar-refractivity contribution in [3.63, 3.8) is 0 Å². The van der Waals surface area contributed by atoms with Gasteiger partial charge in [0.2, 0.25) is 0 Å². The predicted molar refractivity (Wildman–Crippen MR) is 128 cm³/mol. The Morgan fingerprint density at radius 3 is 2.44 bits per heavy atom. The number of H-pyrrole nitrogens is 1. The number of urea groups is 1. The zero-order chi connectivity index (χ0) is 22.9. The van der Waals surface area contributed by atoms with E-state index in [-0.39, 0.29) is 11.4 Å². The molecule has 0 aliphatic heterocycles. The van der Waals surface area contributed by atoms with Crippen LogP contribution >= 0.6 is 0 Å². The highest BCUT2D eigenvalue weighted by atomic mass is 16.5. The summed E-state index contributed by atoms with van der Waals surface area (Å²) in [5.41, 5.74) is 10.8. The summed E-state index contributed by atoms with van der Waals surface area (Å²) in [5.74, 6) is 1.08. The van der Waals surface area contributed by atoms with E-state index in [4.69, 9.17) is 15.5 Å². The molecule has 0 spiro atoms. The molecule has 0 bridgehead atoms. The molecule has 32 heavy (non-hydrogen) atoms. The fraction of sp³-hybridized carbons (Fsp3) is 0.208. The van der Waals surface area contributed by atoms with Gasteiger partial charge in [0, 0.05) is 28.6 Å². The second-order valence-electron chi connectivity index (χ2n) is 8.53. The van der Waals surface area contributed by atoms with Gasteiger partial charge in [-0.05, 0) is 41.5 Å². The topological polar surface area (TPSA) is 118 Å². The summed E-state index contributed by atoms with van der Waals surface area (Å²) < 4.78 is 5.18. The van der Waals surface area contributed by atoms with E-state index in [0.717, 1.165) is 22.2 Å². The zero-order valence-electron chi connectivity index (χ0n) is 18.5. The van der Waals surface area contributed by atoms with E-state index in [1.165, 1.54) is 0 Å². The molecular weight excluding hydrogens is 404 g/mol. The van der Waals surface area contributed by atoms with Crippen LogP contribution < -0.4 is 21.1 Å². The first-order valence-electron chi connectivity index (χ1n) is 10.2. The van der Waals surface area contributed by atoms with Crippen molar-refractivity contribution in [2.24, 2.45) is 0 Å². The number of ether oxygens (including phenoxy) is 1. The molecule has 8 nitrogen and oxygen atoms in total. The molecule has 2 aromatic carbocycles. The van der Waals surface area contributed by atoms with Gasteiger partial charge in [0.05, 0.1) is 12.5 Å². The van der Waals surface area contributed by atoms with Gasteiger partial charge in [0.15, 0.2) is 11.5 Å². The normalized spacial score (nSPS) is 11.4. The number of methoxy groups -OCH3 is 1. The number of rotatable bonds is 4. The molecule has 4 rings (SSSR count).